The molecule has 0 radical (unpaired) electrons. The molecule has 2 aromatic carbocycles. The summed E-state index contributed by atoms with van der Waals surface area (Å²) in [5, 5.41) is 0.0942. The van der Waals surface area contributed by atoms with Gasteiger partial charge in [0.15, 0.2) is 0 Å². The molecule has 0 aliphatic carbocycles. The van der Waals surface area contributed by atoms with E-state index in [1.807, 2.05) is 37.3 Å². The van der Waals surface area contributed by atoms with Crippen LogP contribution in [-0.4, -0.2) is 32.5 Å². The van der Waals surface area contributed by atoms with Crippen LogP contribution in [0.1, 0.15) is 23.7 Å². The largest absolute Gasteiger partial charge is 0.309 e. The molecule has 0 N–H and O–H groups in total. The number of hydrogen-bond acceptors (Lipinski definition) is 4. The lowest BCUT2D eigenvalue weighted by Crippen LogP contribution is -2.31. The van der Waals surface area contributed by atoms with E-state index in [9.17, 15) is 18.0 Å². The molecule has 136 valence electrons. The molecule has 1 saturated heterocycles. The van der Waals surface area contributed by atoms with Gasteiger partial charge in [0.25, 0.3) is 5.91 Å². The standard InChI is InChI=1S/C18H17ClN2O4S/c1-2-20(13-6-4-3-5-7-13)18(23)15-9-8-14(12-16(15)19)21-17(22)10-11-26(21,24)25/h3-9,12H,2,10-11H2,1H3. The normalized spacial score (nSPS) is 15.9. The third-order valence-electron chi connectivity index (χ3n) is 4.13. The van der Waals surface area contributed by atoms with Crippen LogP contribution in [0.4, 0.5) is 11.4 Å². The second-order valence-electron chi connectivity index (χ2n) is 5.77. The summed E-state index contributed by atoms with van der Waals surface area (Å²) in [7, 11) is -3.67. The van der Waals surface area contributed by atoms with Crippen molar-refractivity contribution in [1.29, 1.82) is 0 Å². The molecule has 3 rings (SSSR count). The molecule has 6 nitrogen and oxygen atoms in total. The molecule has 0 spiro atoms. The van der Waals surface area contributed by atoms with E-state index < -0.39 is 15.9 Å². The fourth-order valence-corrected chi connectivity index (χ4v) is 4.58. The Morgan fingerprint density at radius 2 is 1.88 bits per heavy atom. The number of benzene rings is 2. The summed E-state index contributed by atoms with van der Waals surface area (Å²) < 4.78 is 24.8. The lowest BCUT2D eigenvalue weighted by molar-refractivity contribution is -0.116. The molecular formula is C18H17ClN2O4S. The summed E-state index contributed by atoms with van der Waals surface area (Å²) in [5.74, 6) is -1.02. The summed E-state index contributed by atoms with van der Waals surface area (Å²) in [5.41, 5.74) is 1.12. The molecule has 2 amide bonds. The van der Waals surface area contributed by atoms with Gasteiger partial charge in [-0.15, -0.1) is 0 Å². The third kappa shape index (κ3) is 3.32. The first-order valence-electron chi connectivity index (χ1n) is 8.07. The number of rotatable bonds is 4. The van der Waals surface area contributed by atoms with E-state index in [-0.39, 0.29) is 34.4 Å². The van der Waals surface area contributed by atoms with Crippen molar-refractivity contribution >= 4 is 44.8 Å². The van der Waals surface area contributed by atoms with Crippen LogP contribution in [0.5, 0.6) is 0 Å². The molecule has 1 aliphatic heterocycles. The van der Waals surface area contributed by atoms with Gasteiger partial charge in [0.2, 0.25) is 15.9 Å². The molecule has 0 aromatic heterocycles. The Morgan fingerprint density at radius 1 is 1.19 bits per heavy atom. The highest BCUT2D eigenvalue weighted by molar-refractivity contribution is 7.94. The minimum absolute atomic E-state index is 0.0573. The molecule has 8 heteroatoms. The summed E-state index contributed by atoms with van der Waals surface area (Å²) in [6.45, 7) is 2.29. The fraction of sp³-hybridized carbons (Fsp3) is 0.222. The summed E-state index contributed by atoms with van der Waals surface area (Å²) in [6, 6.07) is 13.4. The van der Waals surface area contributed by atoms with Crippen LogP contribution < -0.4 is 9.21 Å². The molecule has 0 saturated carbocycles. The first-order valence-corrected chi connectivity index (χ1v) is 10.1. The van der Waals surface area contributed by atoms with E-state index in [2.05, 4.69) is 0 Å². The maximum absolute atomic E-state index is 12.9. The second-order valence-corrected chi connectivity index (χ2v) is 8.12. The molecular weight excluding hydrogens is 376 g/mol. The zero-order valence-corrected chi connectivity index (χ0v) is 15.6. The lowest BCUT2D eigenvalue weighted by Gasteiger charge is -2.22. The average molecular weight is 393 g/mol. The molecule has 0 atom stereocenters. The van der Waals surface area contributed by atoms with Crippen molar-refractivity contribution in [2.24, 2.45) is 0 Å². The number of para-hydroxylation sites is 1. The Morgan fingerprint density at radius 3 is 2.42 bits per heavy atom. The summed E-state index contributed by atoms with van der Waals surface area (Å²) in [4.78, 5) is 26.3. The van der Waals surface area contributed by atoms with Gasteiger partial charge in [-0.05, 0) is 37.3 Å². The van der Waals surface area contributed by atoms with E-state index in [4.69, 9.17) is 11.6 Å². The van der Waals surface area contributed by atoms with Crippen molar-refractivity contribution < 1.29 is 18.0 Å². The highest BCUT2D eigenvalue weighted by atomic mass is 35.5. The van der Waals surface area contributed by atoms with E-state index in [0.717, 1.165) is 9.99 Å². The predicted octanol–water partition coefficient (Wildman–Crippen LogP) is 3.07. The third-order valence-corrected chi connectivity index (χ3v) is 6.13. The Bertz CT molecular complexity index is 960. The Labute approximate surface area is 157 Å². The average Bonchev–Trinajstić information content (AvgIpc) is 2.89. The highest BCUT2D eigenvalue weighted by Crippen LogP contribution is 2.30. The number of sulfonamides is 1. The van der Waals surface area contributed by atoms with Crippen molar-refractivity contribution in [2.75, 3.05) is 21.5 Å². The van der Waals surface area contributed by atoms with Crippen LogP contribution in [0.25, 0.3) is 0 Å². The number of nitrogens with zero attached hydrogens (tertiary/aromatic N) is 2. The minimum atomic E-state index is -3.67. The smallest absolute Gasteiger partial charge is 0.259 e. The van der Waals surface area contributed by atoms with Crippen LogP contribution in [-0.2, 0) is 14.8 Å². The number of halogens is 1. The second kappa shape index (κ2) is 7.09. The van der Waals surface area contributed by atoms with Gasteiger partial charge < -0.3 is 4.90 Å². The molecule has 0 bridgehead atoms. The van der Waals surface area contributed by atoms with Gasteiger partial charge >= 0.3 is 0 Å². The molecule has 2 aromatic rings. The van der Waals surface area contributed by atoms with Gasteiger partial charge in [-0.2, -0.15) is 0 Å². The van der Waals surface area contributed by atoms with Crippen LogP contribution in [0, 0.1) is 0 Å². The molecule has 1 aliphatic rings. The molecule has 1 fully saturated rings. The predicted molar refractivity (Wildman–Crippen MR) is 101 cm³/mol. The minimum Gasteiger partial charge on any atom is -0.309 e. The van der Waals surface area contributed by atoms with Crippen LogP contribution in [0.3, 0.4) is 0 Å². The maximum Gasteiger partial charge on any atom is 0.259 e. The first-order chi connectivity index (χ1) is 12.3. The first kappa shape index (κ1) is 18.4. The summed E-state index contributed by atoms with van der Waals surface area (Å²) >= 11 is 6.25. The summed E-state index contributed by atoms with van der Waals surface area (Å²) in [6.07, 6.45) is -0.0573. The van der Waals surface area contributed by atoms with Gasteiger partial charge in [0, 0.05) is 18.7 Å². The van der Waals surface area contributed by atoms with Crippen molar-refractivity contribution in [3.63, 3.8) is 0 Å². The van der Waals surface area contributed by atoms with Crippen molar-refractivity contribution in [3.8, 4) is 0 Å². The molecule has 1 heterocycles. The SMILES string of the molecule is CCN(C(=O)c1ccc(N2C(=O)CCS2(=O)=O)cc1Cl)c1ccccc1. The van der Waals surface area contributed by atoms with Crippen molar-refractivity contribution in [1.82, 2.24) is 0 Å². The Hall–Kier alpha value is -2.38. The zero-order chi connectivity index (χ0) is 18.9. The number of anilines is 2. The van der Waals surface area contributed by atoms with Gasteiger partial charge in [0.05, 0.1) is 22.0 Å². The number of hydrogen-bond donors (Lipinski definition) is 0. The van der Waals surface area contributed by atoms with Crippen LogP contribution in [0.15, 0.2) is 48.5 Å². The number of carbonyl (C=O) groups is 2. The Balaban J connectivity index is 1.95. The van der Waals surface area contributed by atoms with Gasteiger partial charge in [-0.3, -0.25) is 9.59 Å². The maximum atomic E-state index is 12.9. The van der Waals surface area contributed by atoms with Crippen LogP contribution >= 0.6 is 11.6 Å². The van der Waals surface area contributed by atoms with E-state index in [1.54, 1.807) is 4.90 Å². The van der Waals surface area contributed by atoms with Gasteiger partial charge in [0.1, 0.15) is 0 Å². The fourth-order valence-electron chi connectivity index (χ4n) is 2.87. The van der Waals surface area contributed by atoms with Crippen molar-refractivity contribution in [3.05, 3.63) is 59.1 Å². The quantitative estimate of drug-likeness (QED) is 0.801. The van der Waals surface area contributed by atoms with Gasteiger partial charge in [-0.25, -0.2) is 12.7 Å². The number of amides is 2. The lowest BCUT2D eigenvalue weighted by atomic mass is 10.1. The zero-order valence-electron chi connectivity index (χ0n) is 14.1. The Kier molecular flexibility index (Phi) is 5.02. The van der Waals surface area contributed by atoms with E-state index >= 15 is 0 Å². The molecule has 26 heavy (non-hydrogen) atoms. The topological polar surface area (TPSA) is 74.8 Å². The van der Waals surface area contributed by atoms with Gasteiger partial charge in [-0.1, -0.05) is 29.8 Å². The number of carbonyl (C=O) groups excluding carboxylic acids is 2. The van der Waals surface area contributed by atoms with E-state index in [0.29, 0.717) is 6.54 Å². The highest BCUT2D eigenvalue weighted by Gasteiger charge is 2.36. The molecule has 0 unspecified atom stereocenters. The van der Waals surface area contributed by atoms with Crippen LogP contribution in [0.2, 0.25) is 5.02 Å². The van der Waals surface area contributed by atoms with E-state index in [1.165, 1.54) is 18.2 Å². The van der Waals surface area contributed by atoms with Crippen molar-refractivity contribution in [2.45, 2.75) is 13.3 Å². The monoisotopic (exact) mass is 392 g/mol.